The summed E-state index contributed by atoms with van der Waals surface area (Å²) in [5.74, 6) is 0.928. The number of ether oxygens (including phenoxy) is 1. The first kappa shape index (κ1) is 10.4. The summed E-state index contributed by atoms with van der Waals surface area (Å²) in [5, 5.41) is 9.48. The molecule has 1 aliphatic heterocycles. The summed E-state index contributed by atoms with van der Waals surface area (Å²) in [6.07, 6.45) is 1.31. The van der Waals surface area contributed by atoms with Gasteiger partial charge in [0.15, 0.2) is 0 Å². The SMILES string of the molecule is CC(O)c1ccnc(N2CCOCC2)c1. The molecule has 1 aromatic rings. The molecule has 0 spiro atoms. The van der Waals surface area contributed by atoms with Gasteiger partial charge in [-0.05, 0) is 24.6 Å². The Bertz CT molecular complexity index is 322. The van der Waals surface area contributed by atoms with E-state index in [0.717, 1.165) is 37.7 Å². The van der Waals surface area contributed by atoms with E-state index >= 15 is 0 Å². The van der Waals surface area contributed by atoms with Crippen LogP contribution in [0.3, 0.4) is 0 Å². The summed E-state index contributed by atoms with van der Waals surface area (Å²) in [5.41, 5.74) is 0.909. The van der Waals surface area contributed by atoms with Crippen molar-refractivity contribution in [2.75, 3.05) is 31.2 Å². The van der Waals surface area contributed by atoms with Crippen molar-refractivity contribution in [3.8, 4) is 0 Å². The monoisotopic (exact) mass is 208 g/mol. The van der Waals surface area contributed by atoms with Crippen LogP contribution >= 0.6 is 0 Å². The third-order valence-corrected chi connectivity index (χ3v) is 2.59. The lowest BCUT2D eigenvalue weighted by Crippen LogP contribution is -2.36. The zero-order valence-electron chi connectivity index (χ0n) is 8.89. The van der Waals surface area contributed by atoms with Crippen molar-refractivity contribution >= 4 is 5.82 Å². The highest BCUT2D eigenvalue weighted by molar-refractivity contribution is 5.41. The minimum absolute atomic E-state index is 0.437. The van der Waals surface area contributed by atoms with Gasteiger partial charge in [0.1, 0.15) is 5.82 Å². The fourth-order valence-corrected chi connectivity index (χ4v) is 1.66. The molecular weight excluding hydrogens is 192 g/mol. The second-order valence-electron chi connectivity index (χ2n) is 3.72. The van der Waals surface area contributed by atoms with E-state index in [2.05, 4.69) is 9.88 Å². The second kappa shape index (κ2) is 4.59. The summed E-state index contributed by atoms with van der Waals surface area (Å²) >= 11 is 0. The van der Waals surface area contributed by atoms with Crippen LogP contribution in [0.5, 0.6) is 0 Å². The van der Waals surface area contributed by atoms with Crippen LogP contribution in [0.25, 0.3) is 0 Å². The molecule has 0 bridgehead atoms. The summed E-state index contributed by atoms with van der Waals surface area (Å²) in [6, 6.07) is 3.78. The third kappa shape index (κ3) is 2.46. The Morgan fingerprint density at radius 2 is 2.20 bits per heavy atom. The average Bonchev–Trinajstić information content (AvgIpc) is 2.30. The molecule has 1 aromatic heterocycles. The maximum atomic E-state index is 9.48. The van der Waals surface area contributed by atoms with Gasteiger partial charge in [-0.25, -0.2) is 4.98 Å². The van der Waals surface area contributed by atoms with Crippen molar-refractivity contribution < 1.29 is 9.84 Å². The lowest BCUT2D eigenvalue weighted by atomic mass is 10.1. The minimum atomic E-state index is -0.437. The van der Waals surface area contributed by atoms with Crippen LogP contribution < -0.4 is 4.90 Å². The van der Waals surface area contributed by atoms with Gasteiger partial charge < -0.3 is 14.7 Å². The molecule has 0 amide bonds. The molecule has 2 rings (SSSR count). The molecule has 2 heterocycles. The van der Waals surface area contributed by atoms with E-state index < -0.39 is 6.10 Å². The van der Waals surface area contributed by atoms with E-state index in [1.807, 2.05) is 12.1 Å². The van der Waals surface area contributed by atoms with Crippen molar-refractivity contribution in [1.29, 1.82) is 0 Å². The number of aromatic nitrogens is 1. The van der Waals surface area contributed by atoms with Gasteiger partial charge >= 0.3 is 0 Å². The molecule has 0 radical (unpaired) electrons. The van der Waals surface area contributed by atoms with Crippen LogP contribution in [0, 0.1) is 0 Å². The molecule has 1 unspecified atom stereocenters. The van der Waals surface area contributed by atoms with Gasteiger partial charge in [0.05, 0.1) is 19.3 Å². The second-order valence-corrected chi connectivity index (χ2v) is 3.72. The normalized spacial score (nSPS) is 18.9. The first-order valence-electron chi connectivity index (χ1n) is 5.24. The third-order valence-electron chi connectivity index (χ3n) is 2.59. The Kier molecular flexibility index (Phi) is 3.18. The van der Waals surface area contributed by atoms with Gasteiger partial charge in [-0.15, -0.1) is 0 Å². The summed E-state index contributed by atoms with van der Waals surface area (Å²) < 4.78 is 5.28. The van der Waals surface area contributed by atoms with E-state index in [-0.39, 0.29) is 0 Å². The Morgan fingerprint density at radius 3 is 2.87 bits per heavy atom. The number of morpholine rings is 1. The van der Waals surface area contributed by atoms with Gasteiger partial charge in [-0.2, -0.15) is 0 Å². The van der Waals surface area contributed by atoms with Gasteiger partial charge in [0, 0.05) is 19.3 Å². The molecule has 4 heteroatoms. The number of nitrogens with zero attached hydrogens (tertiary/aromatic N) is 2. The molecule has 4 nitrogen and oxygen atoms in total. The summed E-state index contributed by atoms with van der Waals surface area (Å²) in [6.45, 7) is 5.01. The fraction of sp³-hybridized carbons (Fsp3) is 0.545. The maximum Gasteiger partial charge on any atom is 0.128 e. The Labute approximate surface area is 89.5 Å². The van der Waals surface area contributed by atoms with E-state index in [1.54, 1.807) is 13.1 Å². The van der Waals surface area contributed by atoms with E-state index in [9.17, 15) is 5.11 Å². The molecule has 82 valence electrons. The highest BCUT2D eigenvalue weighted by Crippen LogP contribution is 2.18. The van der Waals surface area contributed by atoms with Crippen LogP contribution in [0.1, 0.15) is 18.6 Å². The number of pyridine rings is 1. The lowest BCUT2D eigenvalue weighted by Gasteiger charge is -2.28. The zero-order valence-corrected chi connectivity index (χ0v) is 8.89. The number of aliphatic hydroxyl groups is 1. The predicted molar refractivity (Wildman–Crippen MR) is 57.9 cm³/mol. The molecule has 15 heavy (non-hydrogen) atoms. The number of anilines is 1. The topological polar surface area (TPSA) is 45.6 Å². The quantitative estimate of drug-likeness (QED) is 0.786. The van der Waals surface area contributed by atoms with Crippen LogP contribution in [0.15, 0.2) is 18.3 Å². The minimum Gasteiger partial charge on any atom is -0.389 e. The van der Waals surface area contributed by atoms with Gasteiger partial charge in [-0.3, -0.25) is 0 Å². The van der Waals surface area contributed by atoms with E-state index in [4.69, 9.17) is 4.74 Å². The molecule has 1 fully saturated rings. The molecule has 0 aromatic carbocycles. The average molecular weight is 208 g/mol. The molecule has 1 N–H and O–H groups in total. The van der Waals surface area contributed by atoms with Crippen LogP contribution in [-0.2, 0) is 4.74 Å². The summed E-state index contributed by atoms with van der Waals surface area (Å²) in [7, 11) is 0. The van der Waals surface area contributed by atoms with E-state index in [0.29, 0.717) is 0 Å². The number of hydrogen-bond donors (Lipinski definition) is 1. The maximum absolute atomic E-state index is 9.48. The molecule has 1 atom stereocenters. The molecule has 1 aliphatic rings. The number of rotatable bonds is 2. The molecular formula is C11H16N2O2. The first-order chi connectivity index (χ1) is 7.27. The van der Waals surface area contributed by atoms with Crippen molar-refractivity contribution in [3.63, 3.8) is 0 Å². The van der Waals surface area contributed by atoms with Gasteiger partial charge in [-0.1, -0.05) is 0 Å². The lowest BCUT2D eigenvalue weighted by molar-refractivity contribution is 0.122. The Balaban J connectivity index is 2.16. The Hall–Kier alpha value is -1.13. The van der Waals surface area contributed by atoms with Crippen LogP contribution in [0.2, 0.25) is 0 Å². The largest absolute Gasteiger partial charge is 0.389 e. The summed E-state index contributed by atoms with van der Waals surface area (Å²) in [4.78, 5) is 6.48. The van der Waals surface area contributed by atoms with Crippen molar-refractivity contribution in [3.05, 3.63) is 23.9 Å². The molecule has 0 aliphatic carbocycles. The van der Waals surface area contributed by atoms with E-state index in [1.165, 1.54) is 0 Å². The van der Waals surface area contributed by atoms with Gasteiger partial charge in [0.25, 0.3) is 0 Å². The van der Waals surface area contributed by atoms with Crippen molar-refractivity contribution in [2.45, 2.75) is 13.0 Å². The highest BCUT2D eigenvalue weighted by Gasteiger charge is 2.13. The number of hydrogen-bond acceptors (Lipinski definition) is 4. The van der Waals surface area contributed by atoms with Crippen LogP contribution in [-0.4, -0.2) is 36.4 Å². The first-order valence-corrected chi connectivity index (χ1v) is 5.24. The van der Waals surface area contributed by atoms with Gasteiger partial charge in [0.2, 0.25) is 0 Å². The fourth-order valence-electron chi connectivity index (χ4n) is 1.66. The predicted octanol–water partition coefficient (Wildman–Crippen LogP) is 0.972. The highest BCUT2D eigenvalue weighted by atomic mass is 16.5. The van der Waals surface area contributed by atoms with Crippen molar-refractivity contribution in [2.24, 2.45) is 0 Å². The molecule has 0 saturated carbocycles. The smallest absolute Gasteiger partial charge is 0.128 e. The molecule has 1 saturated heterocycles. The standard InChI is InChI=1S/C11H16N2O2/c1-9(14)10-2-3-12-11(8-10)13-4-6-15-7-5-13/h2-3,8-9,14H,4-7H2,1H3. The van der Waals surface area contributed by atoms with Crippen molar-refractivity contribution in [1.82, 2.24) is 4.98 Å². The number of aliphatic hydroxyl groups excluding tert-OH is 1. The van der Waals surface area contributed by atoms with Crippen LogP contribution in [0.4, 0.5) is 5.82 Å². The Morgan fingerprint density at radius 1 is 1.47 bits per heavy atom. The zero-order chi connectivity index (χ0) is 10.7.